The Balaban J connectivity index is 1.44. The van der Waals surface area contributed by atoms with E-state index in [-0.39, 0.29) is 11.8 Å². The summed E-state index contributed by atoms with van der Waals surface area (Å²) >= 11 is 0. The Morgan fingerprint density at radius 2 is 1.68 bits per heavy atom. The summed E-state index contributed by atoms with van der Waals surface area (Å²) in [4.78, 5) is 12.5. The summed E-state index contributed by atoms with van der Waals surface area (Å²) in [5, 5.41) is 5.24. The number of nitrogens with one attached hydrogen (secondary N) is 1. The zero-order valence-corrected chi connectivity index (χ0v) is 16.5. The second kappa shape index (κ2) is 9.79. The second-order valence-corrected chi connectivity index (χ2v) is 6.85. The van der Waals surface area contributed by atoms with E-state index in [1.807, 2.05) is 67.6 Å². The molecule has 3 aromatic carbocycles. The summed E-state index contributed by atoms with van der Waals surface area (Å²) < 4.78 is 10.9. The van der Waals surface area contributed by atoms with Gasteiger partial charge in [-0.15, -0.1) is 0 Å². The lowest BCUT2D eigenvalue weighted by Crippen LogP contribution is -2.29. The van der Waals surface area contributed by atoms with Gasteiger partial charge in [-0.1, -0.05) is 42.5 Å². The Morgan fingerprint density at radius 3 is 2.46 bits per heavy atom. The fourth-order valence-electron chi connectivity index (χ4n) is 3.09. The fraction of sp³-hybridized carbons (Fsp3) is 0.292. The van der Waals surface area contributed by atoms with Crippen LogP contribution in [0.1, 0.15) is 31.2 Å². The van der Waals surface area contributed by atoms with E-state index >= 15 is 0 Å². The highest BCUT2D eigenvalue weighted by Crippen LogP contribution is 2.25. The maximum atomic E-state index is 12.5. The lowest BCUT2D eigenvalue weighted by molar-refractivity contribution is -0.122. The molecule has 3 rings (SSSR count). The van der Waals surface area contributed by atoms with Crippen LogP contribution in [-0.4, -0.2) is 26.2 Å². The average Bonchev–Trinajstić information content (AvgIpc) is 2.75. The van der Waals surface area contributed by atoms with Gasteiger partial charge < -0.3 is 14.8 Å². The largest absolute Gasteiger partial charge is 0.497 e. The minimum absolute atomic E-state index is 0.0526. The van der Waals surface area contributed by atoms with Gasteiger partial charge in [-0.25, -0.2) is 0 Å². The molecule has 0 spiro atoms. The van der Waals surface area contributed by atoms with E-state index in [1.54, 1.807) is 7.11 Å². The van der Waals surface area contributed by atoms with Crippen LogP contribution in [0.3, 0.4) is 0 Å². The van der Waals surface area contributed by atoms with E-state index in [0.717, 1.165) is 40.7 Å². The number of carbonyl (C=O) groups excluding carboxylic acids is 1. The first-order valence-electron chi connectivity index (χ1n) is 9.70. The van der Waals surface area contributed by atoms with E-state index in [0.29, 0.717) is 13.2 Å². The molecule has 1 atom stereocenters. The topological polar surface area (TPSA) is 47.6 Å². The highest BCUT2D eigenvalue weighted by Gasteiger charge is 2.15. The Labute approximate surface area is 166 Å². The number of methoxy groups -OCH3 is 1. The quantitative estimate of drug-likeness (QED) is 0.538. The first-order valence-corrected chi connectivity index (χ1v) is 9.70. The van der Waals surface area contributed by atoms with Crippen molar-refractivity contribution in [2.45, 2.75) is 25.7 Å². The van der Waals surface area contributed by atoms with Crippen LogP contribution < -0.4 is 14.8 Å². The van der Waals surface area contributed by atoms with Gasteiger partial charge in [0.15, 0.2) is 0 Å². The first kappa shape index (κ1) is 19.7. The lowest BCUT2D eigenvalue weighted by Gasteiger charge is -2.14. The number of fused-ring (bicyclic) bond motifs is 1. The van der Waals surface area contributed by atoms with Gasteiger partial charge >= 0.3 is 0 Å². The average molecular weight is 377 g/mol. The third-order valence-corrected chi connectivity index (χ3v) is 4.85. The molecule has 0 saturated carbocycles. The molecule has 28 heavy (non-hydrogen) atoms. The van der Waals surface area contributed by atoms with Crippen molar-refractivity contribution >= 4 is 16.7 Å². The van der Waals surface area contributed by atoms with Crippen LogP contribution in [0.5, 0.6) is 11.5 Å². The van der Waals surface area contributed by atoms with Crippen molar-refractivity contribution in [2.24, 2.45) is 0 Å². The summed E-state index contributed by atoms with van der Waals surface area (Å²) in [6.07, 6.45) is 1.80. The van der Waals surface area contributed by atoms with Gasteiger partial charge in [0.2, 0.25) is 5.91 Å². The van der Waals surface area contributed by atoms with Crippen molar-refractivity contribution in [1.82, 2.24) is 5.32 Å². The van der Waals surface area contributed by atoms with Crippen molar-refractivity contribution in [3.63, 3.8) is 0 Å². The lowest BCUT2D eigenvalue weighted by atomic mass is 9.97. The summed E-state index contributed by atoms with van der Waals surface area (Å²) in [7, 11) is 1.66. The zero-order valence-electron chi connectivity index (χ0n) is 16.5. The van der Waals surface area contributed by atoms with Crippen LogP contribution in [0.2, 0.25) is 0 Å². The van der Waals surface area contributed by atoms with Gasteiger partial charge in [0.1, 0.15) is 11.5 Å². The Kier molecular flexibility index (Phi) is 6.90. The Hall–Kier alpha value is -3.01. The summed E-state index contributed by atoms with van der Waals surface area (Å²) in [5.74, 6) is 1.58. The summed E-state index contributed by atoms with van der Waals surface area (Å²) in [5.41, 5.74) is 1.02. The molecular formula is C24H27NO3. The fourth-order valence-corrected chi connectivity index (χ4v) is 3.09. The summed E-state index contributed by atoms with van der Waals surface area (Å²) in [6, 6.07) is 21.9. The normalized spacial score (nSPS) is 11.8. The maximum Gasteiger partial charge on any atom is 0.227 e. The number of hydrogen-bond acceptors (Lipinski definition) is 3. The molecule has 1 amide bonds. The standard InChI is InChI=1S/C24H27NO3/c1-18(19-10-11-21-17-23(27-2)13-12-20(21)16-19)24(26)25-14-6-7-15-28-22-8-4-3-5-9-22/h3-5,8-13,16-18H,6-7,14-15H2,1-2H3,(H,25,26)/t18-/m0/s1. The number of unbranched alkanes of at least 4 members (excludes halogenated alkanes) is 1. The molecule has 1 N–H and O–H groups in total. The van der Waals surface area contributed by atoms with Gasteiger partial charge in [0.05, 0.1) is 19.6 Å². The molecule has 0 aliphatic heterocycles. The van der Waals surface area contributed by atoms with Gasteiger partial charge in [-0.05, 0) is 60.4 Å². The second-order valence-electron chi connectivity index (χ2n) is 6.85. The van der Waals surface area contributed by atoms with Crippen LogP contribution in [0.15, 0.2) is 66.7 Å². The molecule has 0 saturated heterocycles. The number of ether oxygens (including phenoxy) is 2. The number of para-hydroxylation sites is 1. The van der Waals surface area contributed by atoms with Gasteiger partial charge in [-0.2, -0.15) is 0 Å². The van der Waals surface area contributed by atoms with E-state index in [1.165, 1.54) is 0 Å². The number of carbonyl (C=O) groups is 1. The SMILES string of the molecule is COc1ccc2cc([C@H](C)C(=O)NCCCCOc3ccccc3)ccc2c1. The molecule has 0 aromatic heterocycles. The molecule has 4 nitrogen and oxygen atoms in total. The first-order chi connectivity index (χ1) is 13.7. The smallest absolute Gasteiger partial charge is 0.227 e. The molecule has 0 radical (unpaired) electrons. The third kappa shape index (κ3) is 5.26. The van der Waals surface area contributed by atoms with Crippen LogP contribution in [0.4, 0.5) is 0 Å². The molecule has 0 bridgehead atoms. The van der Waals surface area contributed by atoms with Gasteiger partial charge in [0, 0.05) is 6.54 Å². The molecule has 146 valence electrons. The monoisotopic (exact) mass is 377 g/mol. The van der Waals surface area contributed by atoms with Crippen molar-refractivity contribution in [3.8, 4) is 11.5 Å². The highest BCUT2D eigenvalue weighted by atomic mass is 16.5. The van der Waals surface area contributed by atoms with Crippen LogP contribution >= 0.6 is 0 Å². The van der Waals surface area contributed by atoms with Crippen LogP contribution in [0.25, 0.3) is 10.8 Å². The van der Waals surface area contributed by atoms with Crippen molar-refractivity contribution in [2.75, 3.05) is 20.3 Å². The summed E-state index contributed by atoms with van der Waals surface area (Å²) in [6.45, 7) is 3.26. The molecular weight excluding hydrogens is 350 g/mol. The highest BCUT2D eigenvalue weighted by molar-refractivity contribution is 5.88. The molecule has 4 heteroatoms. The predicted octanol–water partition coefficient (Wildman–Crippen LogP) is 4.93. The minimum atomic E-state index is -0.188. The third-order valence-electron chi connectivity index (χ3n) is 4.85. The maximum absolute atomic E-state index is 12.5. The molecule has 3 aromatic rings. The Bertz CT molecular complexity index is 908. The van der Waals surface area contributed by atoms with Crippen molar-refractivity contribution < 1.29 is 14.3 Å². The van der Waals surface area contributed by atoms with Gasteiger partial charge in [0.25, 0.3) is 0 Å². The number of amides is 1. The van der Waals surface area contributed by atoms with E-state index in [2.05, 4.69) is 11.4 Å². The number of benzene rings is 3. The molecule has 0 unspecified atom stereocenters. The molecule has 0 aliphatic rings. The molecule has 0 fully saturated rings. The predicted molar refractivity (Wildman–Crippen MR) is 113 cm³/mol. The Morgan fingerprint density at radius 1 is 0.929 bits per heavy atom. The minimum Gasteiger partial charge on any atom is -0.497 e. The van der Waals surface area contributed by atoms with Crippen LogP contribution in [0, 0.1) is 0 Å². The molecule has 0 heterocycles. The number of rotatable bonds is 9. The number of hydrogen-bond donors (Lipinski definition) is 1. The van der Waals surface area contributed by atoms with Gasteiger partial charge in [-0.3, -0.25) is 4.79 Å². The molecule has 0 aliphatic carbocycles. The van der Waals surface area contributed by atoms with Crippen molar-refractivity contribution in [1.29, 1.82) is 0 Å². The van der Waals surface area contributed by atoms with E-state index in [4.69, 9.17) is 9.47 Å². The van der Waals surface area contributed by atoms with E-state index in [9.17, 15) is 4.79 Å². The van der Waals surface area contributed by atoms with Crippen molar-refractivity contribution in [3.05, 3.63) is 72.3 Å². The van der Waals surface area contributed by atoms with E-state index < -0.39 is 0 Å². The zero-order chi connectivity index (χ0) is 19.8. The van der Waals surface area contributed by atoms with Crippen LogP contribution in [-0.2, 0) is 4.79 Å².